The summed E-state index contributed by atoms with van der Waals surface area (Å²) < 4.78 is 45.1. The molecule has 196 valence electrons. The third-order valence-electron chi connectivity index (χ3n) is 5.85. The minimum Gasteiger partial charge on any atom is -0.361 e. The number of fused-ring (bicyclic) bond motifs is 1. The van der Waals surface area contributed by atoms with Gasteiger partial charge in [-0.25, -0.2) is 14.8 Å². The van der Waals surface area contributed by atoms with Crippen LogP contribution in [0.4, 0.5) is 29.6 Å². The fourth-order valence-electron chi connectivity index (χ4n) is 4.05. The molecule has 4 aromatic heterocycles. The lowest BCUT2D eigenvalue weighted by Gasteiger charge is -2.32. The van der Waals surface area contributed by atoms with Crippen molar-refractivity contribution in [3.63, 3.8) is 0 Å². The quantitative estimate of drug-likeness (QED) is 0.405. The Kier molecular flexibility index (Phi) is 6.30. The summed E-state index contributed by atoms with van der Waals surface area (Å²) in [6, 6.07) is 8.42. The van der Waals surface area contributed by atoms with Gasteiger partial charge in [0.2, 0.25) is 5.91 Å². The summed E-state index contributed by atoms with van der Waals surface area (Å²) in [6.45, 7) is 2.10. The van der Waals surface area contributed by atoms with E-state index in [0.29, 0.717) is 34.2 Å². The molecule has 3 amide bonds. The van der Waals surface area contributed by atoms with Gasteiger partial charge in [0.15, 0.2) is 5.82 Å². The van der Waals surface area contributed by atoms with E-state index in [4.69, 9.17) is 4.52 Å². The van der Waals surface area contributed by atoms with Gasteiger partial charge < -0.3 is 19.3 Å². The van der Waals surface area contributed by atoms with E-state index in [-0.39, 0.29) is 31.5 Å². The molecule has 1 aliphatic heterocycles. The molecular formula is C24H21F3N8O3. The van der Waals surface area contributed by atoms with E-state index in [9.17, 15) is 22.8 Å². The van der Waals surface area contributed by atoms with Crippen LogP contribution in [0.25, 0.3) is 11.3 Å². The minimum atomic E-state index is -4.54. The predicted molar refractivity (Wildman–Crippen MR) is 128 cm³/mol. The summed E-state index contributed by atoms with van der Waals surface area (Å²) in [5, 5.41) is 6.63. The van der Waals surface area contributed by atoms with Crippen molar-refractivity contribution < 1.29 is 27.3 Å². The Morgan fingerprint density at radius 2 is 2.00 bits per heavy atom. The van der Waals surface area contributed by atoms with Crippen molar-refractivity contribution >= 4 is 23.6 Å². The number of aromatic nitrogens is 5. The molecule has 1 aliphatic rings. The number of pyridine rings is 2. The Morgan fingerprint density at radius 3 is 2.68 bits per heavy atom. The van der Waals surface area contributed by atoms with Crippen LogP contribution < -0.4 is 10.2 Å². The highest BCUT2D eigenvalue weighted by Crippen LogP contribution is 2.29. The molecule has 0 radical (unpaired) electrons. The molecule has 5 heterocycles. The molecule has 0 fully saturated rings. The summed E-state index contributed by atoms with van der Waals surface area (Å²) >= 11 is 0. The number of nitrogens with zero attached hydrogens (tertiary/aromatic N) is 7. The van der Waals surface area contributed by atoms with Crippen molar-refractivity contribution in [2.24, 2.45) is 0 Å². The van der Waals surface area contributed by atoms with Crippen molar-refractivity contribution in [1.82, 2.24) is 29.6 Å². The van der Waals surface area contributed by atoms with Gasteiger partial charge in [-0.1, -0.05) is 11.2 Å². The van der Waals surface area contributed by atoms with Crippen LogP contribution in [-0.4, -0.2) is 48.6 Å². The summed E-state index contributed by atoms with van der Waals surface area (Å²) in [7, 11) is 1.60. The maximum atomic E-state index is 12.8. The van der Waals surface area contributed by atoms with Gasteiger partial charge in [0, 0.05) is 24.9 Å². The smallest absolute Gasteiger partial charge is 0.361 e. The molecule has 14 heteroatoms. The van der Waals surface area contributed by atoms with Gasteiger partial charge in [-0.3, -0.25) is 14.7 Å². The second-order valence-electron chi connectivity index (χ2n) is 8.66. The number of halogens is 3. The predicted octanol–water partition coefficient (Wildman–Crippen LogP) is 3.87. The molecule has 0 unspecified atom stereocenters. The number of carbonyl (C=O) groups excluding carboxylic acids is 2. The first-order valence-corrected chi connectivity index (χ1v) is 11.4. The zero-order valence-corrected chi connectivity index (χ0v) is 20.2. The van der Waals surface area contributed by atoms with Crippen molar-refractivity contribution in [3.05, 3.63) is 71.8 Å². The normalized spacial score (nSPS) is 13.6. The van der Waals surface area contributed by atoms with Crippen molar-refractivity contribution in [2.75, 3.05) is 17.3 Å². The number of carbonyl (C=O) groups is 2. The molecule has 0 saturated carbocycles. The van der Waals surface area contributed by atoms with Gasteiger partial charge in [-0.05, 0) is 31.2 Å². The number of nitrogens with one attached hydrogen (secondary N) is 1. The molecule has 0 atom stereocenters. The Morgan fingerprint density at radius 1 is 1.18 bits per heavy atom. The maximum absolute atomic E-state index is 12.8. The lowest BCUT2D eigenvalue weighted by molar-refractivity contribution is -0.141. The number of amides is 3. The van der Waals surface area contributed by atoms with Crippen LogP contribution in [0.2, 0.25) is 0 Å². The average Bonchev–Trinajstić information content (AvgIpc) is 3.47. The lowest BCUT2D eigenvalue weighted by atomic mass is 10.2. The highest BCUT2D eigenvalue weighted by Gasteiger charge is 2.33. The summed E-state index contributed by atoms with van der Waals surface area (Å²) in [6.07, 6.45) is -1.98. The average molecular weight is 526 g/mol. The molecule has 0 aromatic carbocycles. The Labute approximate surface area is 213 Å². The van der Waals surface area contributed by atoms with E-state index in [1.807, 2.05) is 0 Å². The molecular weight excluding hydrogens is 505 g/mol. The first kappa shape index (κ1) is 24.9. The first-order valence-electron chi connectivity index (χ1n) is 11.4. The number of anilines is 2. The first-order chi connectivity index (χ1) is 18.1. The molecule has 5 rings (SSSR count). The molecule has 11 nitrogen and oxygen atoms in total. The maximum Gasteiger partial charge on any atom is 0.433 e. The van der Waals surface area contributed by atoms with Crippen LogP contribution in [0.1, 0.15) is 22.8 Å². The molecule has 38 heavy (non-hydrogen) atoms. The number of hydrogen-bond donors (Lipinski definition) is 1. The Bertz CT molecular complexity index is 1500. The number of hydrogen-bond acceptors (Lipinski definition) is 7. The van der Waals surface area contributed by atoms with E-state index in [2.05, 4.69) is 25.4 Å². The van der Waals surface area contributed by atoms with Crippen LogP contribution >= 0.6 is 0 Å². The van der Waals surface area contributed by atoms with Gasteiger partial charge >= 0.3 is 12.2 Å². The second-order valence-corrected chi connectivity index (χ2v) is 8.66. The summed E-state index contributed by atoms with van der Waals surface area (Å²) in [5.41, 5.74) is 0.984. The second kappa shape index (κ2) is 9.61. The molecule has 0 aliphatic carbocycles. The fraction of sp³-hybridized carbons (Fsp3) is 0.250. The number of alkyl halides is 3. The Balaban J connectivity index is 1.28. The number of aryl methyl sites for hydroxylation is 1. The zero-order chi connectivity index (χ0) is 27.0. The third-order valence-corrected chi connectivity index (χ3v) is 5.85. The van der Waals surface area contributed by atoms with E-state index < -0.39 is 17.8 Å². The van der Waals surface area contributed by atoms with Gasteiger partial charge in [-0.15, -0.1) is 0 Å². The monoisotopic (exact) mass is 526 g/mol. The van der Waals surface area contributed by atoms with Crippen LogP contribution in [0.3, 0.4) is 0 Å². The lowest BCUT2D eigenvalue weighted by Crippen LogP contribution is -2.45. The third kappa shape index (κ3) is 5.05. The van der Waals surface area contributed by atoms with Gasteiger partial charge in [0.05, 0.1) is 30.8 Å². The topological polar surface area (TPSA) is 122 Å². The van der Waals surface area contributed by atoms with Gasteiger partial charge in [0.25, 0.3) is 0 Å². The van der Waals surface area contributed by atoms with Crippen LogP contribution in [-0.2, 0) is 30.6 Å². The highest BCUT2D eigenvalue weighted by atomic mass is 19.4. The van der Waals surface area contributed by atoms with Gasteiger partial charge in [0.1, 0.15) is 29.5 Å². The molecule has 0 bridgehead atoms. The molecule has 1 N–H and O–H groups in total. The number of imidazole rings is 1. The highest BCUT2D eigenvalue weighted by molar-refractivity contribution is 5.93. The SMILES string of the molecule is Cc1cc(CN2Cc3c(ncn3CC(=O)Nc3cccc(-c4ccc(C(F)(F)F)nc4)n3)N(C)C2=O)no1. The summed E-state index contributed by atoms with van der Waals surface area (Å²) in [5.74, 6) is 0.896. The van der Waals surface area contributed by atoms with Crippen molar-refractivity contribution in [3.8, 4) is 11.3 Å². The standard InChI is InChI=1S/C24H21F3N8O3/c1-14-8-16(32-38-14)10-34-11-18-22(33(2)23(34)37)29-13-35(18)12-21(36)31-20-5-3-4-17(30-20)15-6-7-19(28-9-15)24(25,26)27/h3-9,13H,10-12H2,1-2H3,(H,30,31,36). The van der Waals surface area contributed by atoms with Crippen molar-refractivity contribution in [1.29, 1.82) is 0 Å². The molecule has 0 spiro atoms. The van der Waals surface area contributed by atoms with E-state index in [0.717, 1.165) is 12.3 Å². The number of rotatable bonds is 6. The van der Waals surface area contributed by atoms with Crippen LogP contribution in [0, 0.1) is 6.92 Å². The van der Waals surface area contributed by atoms with E-state index in [1.54, 1.807) is 47.7 Å². The molecule has 0 saturated heterocycles. The fourth-order valence-corrected chi connectivity index (χ4v) is 4.05. The summed E-state index contributed by atoms with van der Waals surface area (Å²) in [4.78, 5) is 40.7. The van der Waals surface area contributed by atoms with Crippen LogP contribution in [0.5, 0.6) is 0 Å². The van der Waals surface area contributed by atoms with E-state index in [1.165, 1.54) is 17.3 Å². The van der Waals surface area contributed by atoms with Crippen LogP contribution in [0.15, 0.2) is 53.4 Å². The largest absolute Gasteiger partial charge is 0.433 e. The molecule has 4 aromatic rings. The zero-order valence-electron chi connectivity index (χ0n) is 20.2. The Hall–Kier alpha value is -4.75. The van der Waals surface area contributed by atoms with Gasteiger partial charge in [-0.2, -0.15) is 13.2 Å². The number of urea groups is 1. The van der Waals surface area contributed by atoms with E-state index >= 15 is 0 Å². The minimum absolute atomic E-state index is 0.102. The van der Waals surface area contributed by atoms with Crippen molar-refractivity contribution in [2.45, 2.75) is 32.7 Å².